The molecule has 0 amide bonds. The molecule has 12 heavy (non-hydrogen) atoms. The van der Waals surface area contributed by atoms with Gasteiger partial charge in [-0.2, -0.15) is 13.2 Å². The molecule has 0 aliphatic heterocycles. The molecule has 0 fully saturated rings. The number of halogens is 3. The fourth-order valence-corrected chi connectivity index (χ4v) is 0.875. The molecule has 1 aliphatic rings. The summed E-state index contributed by atoms with van der Waals surface area (Å²) in [6, 6.07) is 0. The monoisotopic (exact) mass is 178 g/mol. The minimum atomic E-state index is -4.23. The summed E-state index contributed by atoms with van der Waals surface area (Å²) in [6.07, 6.45) is 2.24. The molecule has 1 aliphatic carbocycles. The maximum Gasteiger partial charge on any atom is 0.422 e. The Bertz CT molecular complexity index is 203. The predicted molar refractivity (Wildman–Crippen MR) is 38.5 cm³/mol. The van der Waals surface area contributed by atoms with Crippen molar-refractivity contribution in [1.29, 1.82) is 0 Å². The molecule has 0 saturated heterocycles. The zero-order valence-electron chi connectivity index (χ0n) is 6.40. The SMILES string of the molecule is FC(F)(F)COC1=CC=CCC1. The molecule has 0 N–H and O–H groups in total. The van der Waals surface area contributed by atoms with Crippen molar-refractivity contribution in [2.45, 2.75) is 19.0 Å². The summed E-state index contributed by atoms with van der Waals surface area (Å²) < 4.78 is 39.5. The van der Waals surface area contributed by atoms with Crippen LogP contribution in [0.4, 0.5) is 13.2 Å². The van der Waals surface area contributed by atoms with Crippen LogP contribution in [-0.2, 0) is 4.74 Å². The van der Waals surface area contributed by atoms with Crippen molar-refractivity contribution in [2.24, 2.45) is 0 Å². The molecular weight excluding hydrogens is 169 g/mol. The van der Waals surface area contributed by atoms with Crippen LogP contribution < -0.4 is 0 Å². The van der Waals surface area contributed by atoms with Gasteiger partial charge < -0.3 is 4.74 Å². The summed E-state index contributed by atoms with van der Waals surface area (Å²) in [7, 11) is 0. The number of alkyl halides is 3. The van der Waals surface area contributed by atoms with Gasteiger partial charge in [0.05, 0.1) is 5.76 Å². The lowest BCUT2D eigenvalue weighted by atomic mass is 10.2. The molecule has 0 aromatic carbocycles. The highest BCUT2D eigenvalue weighted by Crippen LogP contribution is 2.19. The predicted octanol–water partition coefficient (Wildman–Crippen LogP) is 2.80. The lowest BCUT2D eigenvalue weighted by Crippen LogP contribution is -2.16. The molecule has 0 spiro atoms. The Morgan fingerprint density at radius 2 is 2.17 bits per heavy atom. The van der Waals surface area contributed by atoms with Gasteiger partial charge in [0, 0.05) is 6.42 Å². The maximum atomic E-state index is 11.6. The fraction of sp³-hybridized carbons (Fsp3) is 0.500. The van der Waals surface area contributed by atoms with Crippen LogP contribution in [0.2, 0.25) is 0 Å². The smallest absolute Gasteiger partial charge is 0.422 e. The number of rotatable bonds is 2. The summed E-state index contributed by atoms with van der Waals surface area (Å²) >= 11 is 0. The van der Waals surface area contributed by atoms with E-state index in [1.165, 1.54) is 0 Å². The molecule has 0 aromatic rings. The first kappa shape index (κ1) is 9.16. The van der Waals surface area contributed by atoms with Gasteiger partial charge in [0.25, 0.3) is 0 Å². The van der Waals surface area contributed by atoms with Crippen LogP contribution in [0.25, 0.3) is 0 Å². The average Bonchev–Trinajstić information content (AvgIpc) is 2.02. The summed E-state index contributed by atoms with van der Waals surface area (Å²) in [5.41, 5.74) is 0. The third kappa shape index (κ3) is 3.46. The molecule has 1 rings (SSSR count). The minimum absolute atomic E-state index is 0.412. The average molecular weight is 178 g/mol. The topological polar surface area (TPSA) is 9.23 Å². The molecule has 0 radical (unpaired) electrons. The molecule has 68 valence electrons. The third-order valence-corrected chi connectivity index (χ3v) is 1.40. The molecule has 4 heteroatoms. The molecule has 0 saturated carbocycles. The van der Waals surface area contributed by atoms with E-state index in [2.05, 4.69) is 4.74 Å². The molecule has 0 heterocycles. The summed E-state index contributed by atoms with van der Waals surface area (Å²) in [5.74, 6) is 0.412. The zero-order valence-corrected chi connectivity index (χ0v) is 6.40. The quantitative estimate of drug-likeness (QED) is 0.631. The summed E-state index contributed by atoms with van der Waals surface area (Å²) in [4.78, 5) is 0. The van der Waals surface area contributed by atoms with Crippen molar-refractivity contribution in [3.05, 3.63) is 24.0 Å². The zero-order chi connectivity index (χ0) is 9.03. The second-order valence-electron chi connectivity index (χ2n) is 2.50. The van der Waals surface area contributed by atoms with Crippen molar-refractivity contribution in [3.63, 3.8) is 0 Å². The Labute approximate surface area is 68.5 Å². The van der Waals surface area contributed by atoms with Gasteiger partial charge >= 0.3 is 6.18 Å². The van der Waals surface area contributed by atoms with E-state index in [1.807, 2.05) is 6.08 Å². The largest absolute Gasteiger partial charge is 0.488 e. The number of ether oxygens (including phenoxy) is 1. The van der Waals surface area contributed by atoms with E-state index in [9.17, 15) is 13.2 Å². The standard InChI is InChI=1S/C8H9F3O/c9-8(10,11)6-12-7-4-2-1-3-5-7/h1-2,4H,3,5-6H2. The van der Waals surface area contributed by atoms with Crippen molar-refractivity contribution in [3.8, 4) is 0 Å². The molecule has 0 aromatic heterocycles. The van der Waals surface area contributed by atoms with Gasteiger partial charge in [-0.25, -0.2) is 0 Å². The Morgan fingerprint density at radius 3 is 2.67 bits per heavy atom. The molecule has 0 bridgehead atoms. The van der Waals surface area contributed by atoms with Crippen LogP contribution >= 0.6 is 0 Å². The minimum Gasteiger partial charge on any atom is -0.488 e. The van der Waals surface area contributed by atoms with E-state index in [1.54, 1.807) is 12.2 Å². The number of allylic oxidation sites excluding steroid dienone is 4. The van der Waals surface area contributed by atoms with Gasteiger partial charge in [0.1, 0.15) is 0 Å². The van der Waals surface area contributed by atoms with Crippen molar-refractivity contribution in [1.82, 2.24) is 0 Å². The number of hydrogen-bond acceptors (Lipinski definition) is 1. The first-order valence-corrected chi connectivity index (χ1v) is 3.63. The van der Waals surface area contributed by atoms with Crippen LogP contribution in [0, 0.1) is 0 Å². The normalized spacial score (nSPS) is 17.4. The van der Waals surface area contributed by atoms with Crippen LogP contribution in [-0.4, -0.2) is 12.8 Å². The molecule has 1 nitrogen and oxygen atoms in total. The van der Waals surface area contributed by atoms with E-state index in [-0.39, 0.29) is 0 Å². The highest BCUT2D eigenvalue weighted by atomic mass is 19.4. The van der Waals surface area contributed by atoms with Gasteiger partial charge in [-0.15, -0.1) is 0 Å². The first-order valence-electron chi connectivity index (χ1n) is 3.63. The molecular formula is C8H9F3O. The van der Waals surface area contributed by atoms with Gasteiger partial charge in [0.15, 0.2) is 6.61 Å². The highest BCUT2D eigenvalue weighted by molar-refractivity contribution is 5.12. The van der Waals surface area contributed by atoms with Crippen molar-refractivity contribution in [2.75, 3.05) is 6.61 Å². The lowest BCUT2D eigenvalue weighted by molar-refractivity contribution is -0.165. The van der Waals surface area contributed by atoms with Gasteiger partial charge in [-0.05, 0) is 12.5 Å². The van der Waals surface area contributed by atoms with Crippen LogP contribution in [0.3, 0.4) is 0 Å². The Kier molecular flexibility index (Phi) is 2.78. The van der Waals surface area contributed by atoms with Crippen molar-refractivity contribution < 1.29 is 17.9 Å². The highest BCUT2D eigenvalue weighted by Gasteiger charge is 2.28. The fourth-order valence-electron chi connectivity index (χ4n) is 0.875. The molecule has 0 unspecified atom stereocenters. The lowest BCUT2D eigenvalue weighted by Gasteiger charge is -2.12. The van der Waals surface area contributed by atoms with Crippen LogP contribution in [0.15, 0.2) is 24.0 Å². The van der Waals surface area contributed by atoms with Crippen LogP contribution in [0.1, 0.15) is 12.8 Å². The summed E-state index contributed by atoms with van der Waals surface area (Å²) in [6.45, 7) is -1.19. The number of hydrogen-bond donors (Lipinski definition) is 0. The second kappa shape index (κ2) is 3.65. The van der Waals surface area contributed by atoms with E-state index >= 15 is 0 Å². The van der Waals surface area contributed by atoms with Crippen molar-refractivity contribution >= 4 is 0 Å². The van der Waals surface area contributed by atoms with Crippen LogP contribution in [0.5, 0.6) is 0 Å². The van der Waals surface area contributed by atoms with E-state index in [0.717, 1.165) is 6.42 Å². The van der Waals surface area contributed by atoms with E-state index in [0.29, 0.717) is 12.2 Å². The Balaban J connectivity index is 2.32. The Hall–Kier alpha value is -0.930. The van der Waals surface area contributed by atoms with Gasteiger partial charge in [-0.3, -0.25) is 0 Å². The van der Waals surface area contributed by atoms with Gasteiger partial charge in [-0.1, -0.05) is 12.2 Å². The maximum absolute atomic E-state index is 11.6. The van der Waals surface area contributed by atoms with E-state index < -0.39 is 12.8 Å². The van der Waals surface area contributed by atoms with E-state index in [4.69, 9.17) is 0 Å². The summed E-state index contributed by atoms with van der Waals surface area (Å²) in [5, 5.41) is 0. The second-order valence-corrected chi connectivity index (χ2v) is 2.50. The van der Waals surface area contributed by atoms with Gasteiger partial charge in [0.2, 0.25) is 0 Å². The first-order chi connectivity index (χ1) is 5.58. The molecule has 0 atom stereocenters. The Morgan fingerprint density at radius 1 is 1.42 bits per heavy atom. The third-order valence-electron chi connectivity index (χ3n) is 1.40.